The van der Waals surface area contributed by atoms with E-state index in [9.17, 15) is 0 Å². The molecule has 0 amide bonds. The third-order valence-corrected chi connectivity index (χ3v) is 1.14. The highest BCUT2D eigenvalue weighted by Gasteiger charge is 2.04. The third-order valence-electron chi connectivity index (χ3n) is 1.14. The van der Waals surface area contributed by atoms with Crippen LogP contribution in [0.15, 0.2) is 0 Å². The van der Waals surface area contributed by atoms with Crippen molar-refractivity contribution in [3.8, 4) is 11.8 Å². The summed E-state index contributed by atoms with van der Waals surface area (Å²) in [5.41, 5.74) is 0. The van der Waals surface area contributed by atoms with Crippen LogP contribution < -0.4 is 0 Å². The van der Waals surface area contributed by atoms with Crippen molar-refractivity contribution in [2.24, 2.45) is 5.92 Å². The first kappa shape index (κ1) is 4.67. The molecule has 0 aliphatic heterocycles. The lowest BCUT2D eigenvalue weighted by Gasteiger charge is -1.94. The van der Waals surface area contributed by atoms with Gasteiger partial charge in [0, 0.05) is 12.3 Å². The molecule has 0 saturated heterocycles. The Labute approximate surface area is 43.4 Å². The van der Waals surface area contributed by atoms with Crippen LogP contribution in [-0.2, 0) is 0 Å². The van der Waals surface area contributed by atoms with Gasteiger partial charge in [0.25, 0.3) is 0 Å². The average molecular weight is 96.1 g/mol. The molecule has 1 aliphatic rings. The first-order chi connectivity index (χ1) is 3.43. The molecule has 1 unspecified atom stereocenters. The van der Waals surface area contributed by atoms with Crippen LogP contribution in [0.25, 0.3) is 0 Å². The zero-order valence-corrected chi connectivity index (χ0v) is 4.15. The number of aliphatic hydroxyl groups is 1. The zero-order chi connectivity index (χ0) is 5.11. The SMILES string of the molecule is OCC1C#CCC1. The normalized spacial score (nSPS) is 26.7. The van der Waals surface area contributed by atoms with Crippen LogP contribution in [0.3, 0.4) is 0 Å². The Morgan fingerprint density at radius 1 is 1.71 bits per heavy atom. The Balaban J connectivity index is 2.33. The van der Waals surface area contributed by atoms with Crippen LogP contribution in [-0.4, -0.2) is 11.7 Å². The highest BCUT2D eigenvalue weighted by molar-refractivity contribution is 5.10. The molecule has 0 aromatic heterocycles. The fraction of sp³-hybridized carbons (Fsp3) is 0.667. The fourth-order valence-corrected chi connectivity index (χ4v) is 0.672. The molecular formula is C6H8O. The molecule has 0 aromatic carbocycles. The highest BCUT2D eigenvalue weighted by atomic mass is 16.3. The van der Waals surface area contributed by atoms with E-state index in [1.807, 2.05) is 0 Å². The summed E-state index contributed by atoms with van der Waals surface area (Å²) < 4.78 is 0. The average Bonchev–Trinajstić information content (AvgIpc) is 2.14. The van der Waals surface area contributed by atoms with E-state index in [-0.39, 0.29) is 6.61 Å². The number of rotatable bonds is 1. The molecule has 0 heterocycles. The molecule has 0 fully saturated rings. The predicted octanol–water partition coefficient (Wildman–Crippen LogP) is 0.392. The van der Waals surface area contributed by atoms with E-state index in [0.717, 1.165) is 12.8 Å². The van der Waals surface area contributed by atoms with Gasteiger partial charge < -0.3 is 5.11 Å². The van der Waals surface area contributed by atoms with Gasteiger partial charge in [-0.15, -0.1) is 5.92 Å². The molecule has 1 rings (SSSR count). The molecule has 1 N–H and O–H groups in total. The van der Waals surface area contributed by atoms with Crippen LogP contribution in [0.4, 0.5) is 0 Å². The lowest BCUT2D eigenvalue weighted by Crippen LogP contribution is -1.97. The van der Waals surface area contributed by atoms with E-state index in [1.165, 1.54) is 0 Å². The number of aliphatic hydroxyl groups excluding tert-OH is 1. The molecule has 0 spiro atoms. The maximum absolute atomic E-state index is 8.46. The number of hydrogen-bond donors (Lipinski definition) is 1. The van der Waals surface area contributed by atoms with Crippen molar-refractivity contribution in [3.05, 3.63) is 0 Å². The standard InChI is InChI=1S/C6H8O/c7-5-6-3-1-2-4-6/h6-7H,1,3,5H2. The van der Waals surface area contributed by atoms with Crippen molar-refractivity contribution in [1.82, 2.24) is 0 Å². The molecule has 0 aromatic rings. The van der Waals surface area contributed by atoms with Gasteiger partial charge in [-0.1, -0.05) is 5.92 Å². The smallest absolute Gasteiger partial charge is 0.0569 e. The predicted molar refractivity (Wildman–Crippen MR) is 27.6 cm³/mol. The van der Waals surface area contributed by atoms with Crippen LogP contribution in [0.1, 0.15) is 12.8 Å². The van der Waals surface area contributed by atoms with Gasteiger partial charge in [0.15, 0.2) is 0 Å². The molecule has 0 radical (unpaired) electrons. The first-order valence-electron chi connectivity index (χ1n) is 2.52. The molecule has 7 heavy (non-hydrogen) atoms. The summed E-state index contributed by atoms with van der Waals surface area (Å²) in [4.78, 5) is 0. The zero-order valence-electron chi connectivity index (χ0n) is 4.15. The van der Waals surface area contributed by atoms with Gasteiger partial charge in [0.1, 0.15) is 0 Å². The van der Waals surface area contributed by atoms with Gasteiger partial charge in [0.05, 0.1) is 6.61 Å². The van der Waals surface area contributed by atoms with E-state index >= 15 is 0 Å². The van der Waals surface area contributed by atoms with Crippen molar-refractivity contribution in [2.75, 3.05) is 6.61 Å². The minimum atomic E-state index is 0.243. The minimum Gasteiger partial charge on any atom is -0.395 e. The number of hydrogen-bond acceptors (Lipinski definition) is 1. The second-order valence-corrected chi connectivity index (χ2v) is 1.74. The lowest BCUT2D eigenvalue weighted by molar-refractivity contribution is 0.255. The highest BCUT2D eigenvalue weighted by Crippen LogP contribution is 2.08. The van der Waals surface area contributed by atoms with Crippen molar-refractivity contribution in [1.29, 1.82) is 0 Å². The van der Waals surface area contributed by atoms with Gasteiger partial charge in [-0.05, 0) is 6.42 Å². The van der Waals surface area contributed by atoms with Gasteiger partial charge in [-0.3, -0.25) is 0 Å². The van der Waals surface area contributed by atoms with Gasteiger partial charge >= 0.3 is 0 Å². The maximum atomic E-state index is 8.46. The van der Waals surface area contributed by atoms with E-state index in [0.29, 0.717) is 5.92 Å². The Bertz CT molecular complexity index is 107. The maximum Gasteiger partial charge on any atom is 0.0569 e. The second-order valence-electron chi connectivity index (χ2n) is 1.74. The minimum absolute atomic E-state index is 0.243. The van der Waals surface area contributed by atoms with Crippen molar-refractivity contribution in [2.45, 2.75) is 12.8 Å². The van der Waals surface area contributed by atoms with Crippen LogP contribution in [0.5, 0.6) is 0 Å². The van der Waals surface area contributed by atoms with E-state index < -0.39 is 0 Å². The Morgan fingerprint density at radius 3 is 2.86 bits per heavy atom. The summed E-state index contributed by atoms with van der Waals surface area (Å²) in [6.45, 7) is 0.243. The van der Waals surface area contributed by atoms with Gasteiger partial charge in [-0.25, -0.2) is 0 Å². The van der Waals surface area contributed by atoms with Gasteiger partial charge in [-0.2, -0.15) is 0 Å². The summed E-state index contributed by atoms with van der Waals surface area (Å²) in [5.74, 6) is 6.11. The van der Waals surface area contributed by atoms with E-state index in [1.54, 1.807) is 0 Å². The summed E-state index contributed by atoms with van der Waals surface area (Å²) in [7, 11) is 0. The summed E-state index contributed by atoms with van der Waals surface area (Å²) in [6, 6.07) is 0. The molecular weight excluding hydrogens is 88.1 g/mol. The molecule has 1 aliphatic carbocycles. The molecule has 38 valence electrons. The van der Waals surface area contributed by atoms with Crippen LogP contribution in [0.2, 0.25) is 0 Å². The Morgan fingerprint density at radius 2 is 2.57 bits per heavy atom. The van der Waals surface area contributed by atoms with Crippen LogP contribution >= 0.6 is 0 Å². The Kier molecular flexibility index (Phi) is 1.33. The quantitative estimate of drug-likeness (QED) is 0.468. The van der Waals surface area contributed by atoms with Crippen LogP contribution in [0, 0.1) is 17.8 Å². The van der Waals surface area contributed by atoms with Crippen molar-refractivity contribution >= 4 is 0 Å². The summed E-state index contributed by atoms with van der Waals surface area (Å²) >= 11 is 0. The first-order valence-corrected chi connectivity index (χ1v) is 2.52. The Hall–Kier alpha value is -0.480. The molecule has 1 heteroatoms. The second kappa shape index (κ2) is 1.99. The molecule has 1 nitrogen and oxygen atoms in total. The third kappa shape index (κ3) is 0.942. The van der Waals surface area contributed by atoms with Crippen molar-refractivity contribution in [3.63, 3.8) is 0 Å². The molecule has 1 atom stereocenters. The van der Waals surface area contributed by atoms with E-state index in [4.69, 9.17) is 5.11 Å². The molecule has 0 saturated carbocycles. The van der Waals surface area contributed by atoms with Gasteiger partial charge in [0.2, 0.25) is 0 Å². The largest absolute Gasteiger partial charge is 0.395 e. The monoisotopic (exact) mass is 96.1 g/mol. The topological polar surface area (TPSA) is 20.2 Å². The summed E-state index contributed by atoms with van der Waals surface area (Å²) in [6.07, 6.45) is 2.02. The van der Waals surface area contributed by atoms with E-state index in [2.05, 4.69) is 11.8 Å². The molecule has 0 bridgehead atoms. The lowest BCUT2D eigenvalue weighted by atomic mass is 10.1. The fourth-order valence-electron chi connectivity index (χ4n) is 0.672. The summed E-state index contributed by atoms with van der Waals surface area (Å²) in [5, 5.41) is 8.46. The van der Waals surface area contributed by atoms with Crippen molar-refractivity contribution < 1.29 is 5.11 Å².